The van der Waals surface area contributed by atoms with E-state index in [9.17, 15) is 4.39 Å². The molecule has 0 heterocycles. The van der Waals surface area contributed by atoms with Crippen molar-refractivity contribution in [1.29, 1.82) is 5.41 Å². The molecule has 1 rings (SSSR count). The lowest BCUT2D eigenvalue weighted by Gasteiger charge is -2.10. The Labute approximate surface area is 147 Å². The first-order valence-corrected chi connectivity index (χ1v) is 8.73. The second kappa shape index (κ2) is 14.7. The van der Waals surface area contributed by atoms with Crippen LogP contribution in [0.5, 0.6) is 5.75 Å². The van der Waals surface area contributed by atoms with Crippen molar-refractivity contribution in [2.45, 2.75) is 67.7 Å². The number of hydrogen-bond donors (Lipinski definition) is 2. The lowest BCUT2D eigenvalue weighted by Crippen LogP contribution is -2.08. The number of aryl methyl sites for hydroxylation is 1. The Kier molecular flexibility index (Phi) is 15.0. The summed E-state index contributed by atoms with van der Waals surface area (Å²) >= 11 is 0. The molecule has 0 saturated heterocycles. The van der Waals surface area contributed by atoms with E-state index in [0.29, 0.717) is 30.9 Å². The molecule has 138 valence electrons. The lowest BCUT2D eigenvalue weighted by atomic mass is 10.0. The van der Waals surface area contributed by atoms with E-state index in [4.69, 9.17) is 15.9 Å². The molecule has 0 bridgehead atoms. The molecule has 3 nitrogen and oxygen atoms in total. The minimum absolute atomic E-state index is 0.279. The molecule has 1 aromatic carbocycles. The number of nitrogens with one attached hydrogen (secondary N) is 1. The van der Waals surface area contributed by atoms with E-state index in [1.165, 1.54) is 12.5 Å². The standard InChI is InChI=1S/C15H21FN2O.C3H8.C2H6/c1-10-6-7-14(16)15(9-10)19-8-4-5-13(11(2)17)12(3)18;1-3-2;1-2/h6-7,9,17H,4-5,8,18H2,1-3H3;3H2,1-2H3;1-2H3/b13-12-,17-11?;;. The number of allylic oxidation sites excluding steroid dienone is 2. The highest BCUT2D eigenvalue weighted by molar-refractivity contribution is 5.96. The van der Waals surface area contributed by atoms with Gasteiger partial charge in [0.05, 0.1) is 6.61 Å². The largest absolute Gasteiger partial charge is 0.490 e. The first-order chi connectivity index (χ1) is 11.3. The van der Waals surface area contributed by atoms with E-state index in [1.807, 2.05) is 20.8 Å². The summed E-state index contributed by atoms with van der Waals surface area (Å²) < 4.78 is 18.8. The first-order valence-electron chi connectivity index (χ1n) is 8.73. The highest BCUT2D eigenvalue weighted by atomic mass is 19.1. The summed E-state index contributed by atoms with van der Waals surface area (Å²) in [7, 11) is 0. The molecule has 0 amide bonds. The molecule has 1 aromatic rings. The van der Waals surface area contributed by atoms with Gasteiger partial charge >= 0.3 is 0 Å². The third-order valence-corrected chi connectivity index (χ3v) is 2.84. The van der Waals surface area contributed by atoms with Gasteiger partial charge in [-0.15, -0.1) is 0 Å². The second-order valence-corrected chi connectivity index (χ2v) is 5.38. The van der Waals surface area contributed by atoms with Gasteiger partial charge in [0.1, 0.15) is 0 Å². The van der Waals surface area contributed by atoms with Crippen molar-refractivity contribution in [2.24, 2.45) is 5.73 Å². The minimum Gasteiger partial charge on any atom is -0.490 e. The topological polar surface area (TPSA) is 59.1 Å². The van der Waals surface area contributed by atoms with E-state index in [-0.39, 0.29) is 11.6 Å². The normalized spacial score (nSPS) is 10.5. The Hall–Kier alpha value is -1.84. The molecule has 0 spiro atoms. The van der Waals surface area contributed by atoms with Crippen molar-refractivity contribution >= 4 is 5.71 Å². The summed E-state index contributed by atoms with van der Waals surface area (Å²) in [6, 6.07) is 4.79. The highest BCUT2D eigenvalue weighted by Crippen LogP contribution is 2.19. The molecule has 0 unspecified atom stereocenters. The smallest absolute Gasteiger partial charge is 0.165 e. The van der Waals surface area contributed by atoms with Gasteiger partial charge in [0, 0.05) is 11.4 Å². The van der Waals surface area contributed by atoms with Crippen molar-refractivity contribution in [1.82, 2.24) is 0 Å². The second-order valence-electron chi connectivity index (χ2n) is 5.38. The Morgan fingerprint density at radius 2 is 1.75 bits per heavy atom. The predicted molar refractivity (Wildman–Crippen MR) is 103 cm³/mol. The summed E-state index contributed by atoms with van der Waals surface area (Å²) in [6.45, 7) is 14.1. The van der Waals surface area contributed by atoms with E-state index in [1.54, 1.807) is 26.0 Å². The summed E-state index contributed by atoms with van der Waals surface area (Å²) in [5.74, 6) is -0.0684. The Bertz CT molecular complexity index is 506. The van der Waals surface area contributed by atoms with Crippen LogP contribution >= 0.6 is 0 Å². The van der Waals surface area contributed by atoms with Crippen molar-refractivity contribution in [2.75, 3.05) is 6.61 Å². The minimum atomic E-state index is -0.348. The molecule has 0 saturated carbocycles. The quantitative estimate of drug-likeness (QED) is 0.493. The van der Waals surface area contributed by atoms with Gasteiger partial charge in [-0.2, -0.15) is 0 Å². The SMILES string of the molecule is CC.CC(=N)/C(CCCOc1cc(C)ccc1F)=C(/C)N.CCC. The number of ether oxygens (including phenoxy) is 1. The van der Waals surface area contributed by atoms with Crippen molar-refractivity contribution in [3.8, 4) is 5.75 Å². The zero-order valence-corrected chi connectivity index (χ0v) is 16.4. The zero-order valence-electron chi connectivity index (χ0n) is 16.4. The van der Waals surface area contributed by atoms with Gasteiger partial charge in [-0.25, -0.2) is 4.39 Å². The van der Waals surface area contributed by atoms with Crippen LogP contribution < -0.4 is 10.5 Å². The first kappa shape index (κ1) is 24.4. The van der Waals surface area contributed by atoms with Gasteiger partial charge < -0.3 is 15.9 Å². The van der Waals surface area contributed by atoms with Crippen LogP contribution in [0.15, 0.2) is 29.5 Å². The van der Waals surface area contributed by atoms with E-state index in [0.717, 1.165) is 11.1 Å². The number of hydrogen-bond acceptors (Lipinski definition) is 3. The maximum absolute atomic E-state index is 13.4. The molecule has 0 fully saturated rings. The maximum Gasteiger partial charge on any atom is 0.165 e. The van der Waals surface area contributed by atoms with Crippen LogP contribution in [0.2, 0.25) is 0 Å². The number of rotatable bonds is 6. The Morgan fingerprint density at radius 1 is 1.21 bits per heavy atom. The fourth-order valence-electron chi connectivity index (χ4n) is 1.83. The monoisotopic (exact) mass is 338 g/mol. The maximum atomic E-state index is 13.4. The molecule has 0 aromatic heterocycles. The van der Waals surface area contributed by atoms with E-state index < -0.39 is 0 Å². The van der Waals surface area contributed by atoms with Gasteiger partial charge in [-0.1, -0.05) is 40.2 Å². The van der Waals surface area contributed by atoms with Gasteiger partial charge in [0.2, 0.25) is 0 Å². The Balaban J connectivity index is 0. The summed E-state index contributed by atoms with van der Waals surface area (Å²) in [5, 5.41) is 7.61. The van der Waals surface area contributed by atoms with Crippen molar-refractivity contribution in [3.05, 3.63) is 40.8 Å². The molecule has 4 heteroatoms. The van der Waals surface area contributed by atoms with Crippen molar-refractivity contribution < 1.29 is 9.13 Å². The summed E-state index contributed by atoms with van der Waals surface area (Å²) in [4.78, 5) is 0. The van der Waals surface area contributed by atoms with Gasteiger partial charge in [-0.05, 0) is 56.9 Å². The van der Waals surface area contributed by atoms with E-state index >= 15 is 0 Å². The molecule has 0 radical (unpaired) electrons. The lowest BCUT2D eigenvalue weighted by molar-refractivity contribution is 0.296. The van der Waals surface area contributed by atoms with Gasteiger partial charge in [-0.3, -0.25) is 0 Å². The Morgan fingerprint density at radius 3 is 2.21 bits per heavy atom. The average molecular weight is 339 g/mol. The molecule has 0 aliphatic heterocycles. The van der Waals surface area contributed by atoms with Crippen LogP contribution in [0.1, 0.15) is 66.4 Å². The summed E-state index contributed by atoms with van der Waals surface area (Å²) in [6.07, 6.45) is 2.62. The molecule has 0 atom stereocenters. The molecule has 3 N–H and O–H groups in total. The fourth-order valence-corrected chi connectivity index (χ4v) is 1.83. The summed E-state index contributed by atoms with van der Waals surface area (Å²) in [5.41, 5.74) is 8.65. The molecular weight excluding hydrogens is 303 g/mol. The van der Waals surface area contributed by atoms with Gasteiger partial charge in [0.25, 0.3) is 0 Å². The van der Waals surface area contributed by atoms with Crippen LogP contribution in [-0.4, -0.2) is 12.3 Å². The molecule has 0 aliphatic rings. The van der Waals surface area contributed by atoms with Crippen LogP contribution in [-0.2, 0) is 0 Å². The average Bonchev–Trinajstić information content (AvgIpc) is 2.52. The fraction of sp³-hybridized carbons (Fsp3) is 0.550. The number of halogens is 1. The van der Waals surface area contributed by atoms with Crippen LogP contribution in [0.3, 0.4) is 0 Å². The van der Waals surface area contributed by atoms with Crippen LogP contribution in [0, 0.1) is 18.2 Å². The molecule has 0 aliphatic carbocycles. The third kappa shape index (κ3) is 10.8. The molecular formula is C20H35FN2O. The number of benzene rings is 1. The number of nitrogens with two attached hydrogens (primary N) is 1. The van der Waals surface area contributed by atoms with Crippen molar-refractivity contribution in [3.63, 3.8) is 0 Å². The van der Waals surface area contributed by atoms with E-state index in [2.05, 4.69) is 13.8 Å². The molecule has 24 heavy (non-hydrogen) atoms. The van der Waals surface area contributed by atoms with Crippen LogP contribution in [0.25, 0.3) is 0 Å². The third-order valence-electron chi connectivity index (χ3n) is 2.84. The highest BCUT2D eigenvalue weighted by Gasteiger charge is 2.06. The predicted octanol–water partition coefficient (Wildman–Crippen LogP) is 6.01. The van der Waals surface area contributed by atoms with Crippen LogP contribution in [0.4, 0.5) is 4.39 Å². The van der Waals surface area contributed by atoms with Gasteiger partial charge in [0.15, 0.2) is 11.6 Å². The zero-order chi connectivity index (χ0) is 19.1.